The smallest absolute Gasteiger partial charge is 0.0622 e. The van der Waals surface area contributed by atoms with E-state index in [-0.39, 0.29) is 10.8 Å². The largest absolute Gasteiger partial charge is 0.0710 e. The Labute approximate surface area is 172 Å². The van der Waals surface area contributed by atoms with Gasteiger partial charge in [-0.25, -0.2) is 0 Å². The van der Waals surface area contributed by atoms with Crippen molar-refractivity contribution in [3.05, 3.63) is 142 Å². The van der Waals surface area contributed by atoms with Gasteiger partial charge in [0, 0.05) is 5.41 Å². The molecule has 0 atom stereocenters. The maximum absolute atomic E-state index is 2.38. The Bertz CT molecular complexity index is 1110. The van der Waals surface area contributed by atoms with Gasteiger partial charge in [-0.2, -0.15) is 0 Å². The van der Waals surface area contributed by atoms with Gasteiger partial charge in [0.1, 0.15) is 0 Å². The lowest BCUT2D eigenvalue weighted by Gasteiger charge is -2.58. The van der Waals surface area contributed by atoms with Crippen LogP contribution in [0.4, 0.5) is 0 Å². The predicted octanol–water partition coefficient (Wildman–Crippen LogP) is 6.69. The summed E-state index contributed by atoms with van der Waals surface area (Å²) >= 11 is 0. The molecule has 0 saturated carbocycles. The van der Waals surface area contributed by atoms with Crippen molar-refractivity contribution in [3.8, 4) is 0 Å². The van der Waals surface area contributed by atoms with E-state index in [1.807, 2.05) is 0 Å². The second kappa shape index (κ2) is 5.70. The zero-order valence-electron chi connectivity index (χ0n) is 16.9. The zero-order valence-corrected chi connectivity index (χ0v) is 16.9. The Morgan fingerprint density at radius 2 is 0.793 bits per heavy atom. The lowest BCUT2D eigenvalue weighted by molar-refractivity contribution is 0.385. The van der Waals surface area contributed by atoms with Crippen molar-refractivity contribution in [2.75, 3.05) is 0 Å². The van der Waals surface area contributed by atoms with Gasteiger partial charge in [0.05, 0.1) is 5.41 Å². The van der Waals surface area contributed by atoms with E-state index in [0.29, 0.717) is 5.92 Å². The van der Waals surface area contributed by atoms with Crippen LogP contribution >= 0.6 is 0 Å². The van der Waals surface area contributed by atoms with E-state index in [1.165, 1.54) is 38.9 Å². The molecule has 0 unspecified atom stereocenters. The topological polar surface area (TPSA) is 0 Å². The minimum atomic E-state index is -0.262. The number of hydrogen-bond donors (Lipinski definition) is 0. The number of benzene rings is 4. The minimum absolute atomic E-state index is 0.111. The Kier molecular flexibility index (Phi) is 3.30. The fourth-order valence-electron chi connectivity index (χ4n) is 6.42. The van der Waals surface area contributed by atoms with Crippen molar-refractivity contribution in [2.45, 2.75) is 24.7 Å². The average molecular weight is 373 g/mol. The van der Waals surface area contributed by atoms with Crippen LogP contribution in [0, 0.1) is 5.92 Å². The van der Waals surface area contributed by atoms with Crippen LogP contribution in [0.2, 0.25) is 0 Å². The maximum atomic E-state index is 2.38. The first kappa shape index (κ1) is 16.8. The second-order valence-corrected chi connectivity index (χ2v) is 8.72. The summed E-state index contributed by atoms with van der Waals surface area (Å²) in [4.78, 5) is 0. The second-order valence-electron chi connectivity index (χ2n) is 8.72. The fourth-order valence-corrected chi connectivity index (χ4v) is 6.42. The van der Waals surface area contributed by atoms with E-state index in [0.717, 1.165) is 0 Å². The number of hydrogen-bond acceptors (Lipinski definition) is 0. The highest BCUT2D eigenvalue weighted by atomic mass is 14.6. The molecule has 140 valence electrons. The standard InChI is InChI=1S/C29H24/c1-20(2)28-22-14-6-9-17-25(22)29(21-12-4-3-5-13-21,26-18-10-7-15-23(26)28)27-19-11-8-16-24(27)28/h3-20H,1-2H3. The van der Waals surface area contributed by atoms with E-state index in [1.54, 1.807) is 0 Å². The van der Waals surface area contributed by atoms with E-state index in [4.69, 9.17) is 0 Å². The van der Waals surface area contributed by atoms with Gasteiger partial charge in [-0.05, 0) is 44.9 Å². The number of rotatable bonds is 2. The molecule has 7 rings (SSSR count). The average Bonchev–Trinajstić information content (AvgIpc) is 2.79. The molecule has 0 radical (unpaired) electrons. The van der Waals surface area contributed by atoms with E-state index >= 15 is 0 Å². The summed E-state index contributed by atoms with van der Waals surface area (Å²) in [6.07, 6.45) is 0. The Hall–Kier alpha value is -3.12. The zero-order chi connectivity index (χ0) is 19.6. The van der Waals surface area contributed by atoms with Crippen molar-refractivity contribution in [3.63, 3.8) is 0 Å². The maximum Gasteiger partial charge on any atom is 0.0710 e. The van der Waals surface area contributed by atoms with Gasteiger partial charge in [-0.3, -0.25) is 0 Å². The molecular formula is C29H24. The van der Waals surface area contributed by atoms with Crippen LogP contribution in [0.5, 0.6) is 0 Å². The molecule has 0 nitrogen and oxygen atoms in total. The molecule has 0 amide bonds. The van der Waals surface area contributed by atoms with E-state index < -0.39 is 0 Å². The lowest BCUT2D eigenvalue weighted by Crippen LogP contribution is -2.53. The molecule has 0 N–H and O–H groups in total. The third-order valence-corrected chi connectivity index (χ3v) is 7.34. The molecule has 3 aliphatic rings. The first-order chi connectivity index (χ1) is 14.2. The van der Waals surface area contributed by atoms with Crippen molar-refractivity contribution in [2.24, 2.45) is 5.92 Å². The molecule has 0 heteroatoms. The summed E-state index contributed by atoms with van der Waals surface area (Å²) in [5, 5.41) is 0. The lowest BCUT2D eigenvalue weighted by atomic mass is 9.43. The summed E-state index contributed by atoms with van der Waals surface area (Å²) in [6.45, 7) is 4.76. The first-order valence-corrected chi connectivity index (χ1v) is 10.6. The molecule has 0 fully saturated rings. The van der Waals surface area contributed by atoms with Gasteiger partial charge < -0.3 is 0 Å². The van der Waals surface area contributed by atoms with Crippen LogP contribution < -0.4 is 0 Å². The monoisotopic (exact) mass is 372 g/mol. The highest BCUT2D eigenvalue weighted by molar-refractivity contribution is 5.79. The van der Waals surface area contributed by atoms with Crippen LogP contribution in [0.1, 0.15) is 52.8 Å². The third-order valence-electron chi connectivity index (χ3n) is 7.34. The third kappa shape index (κ3) is 1.77. The SMILES string of the molecule is CC(C)C12c3ccccc3C(c3ccccc3)(c3ccccc31)c1ccccc12. The van der Waals surface area contributed by atoms with Crippen molar-refractivity contribution < 1.29 is 0 Å². The van der Waals surface area contributed by atoms with E-state index in [9.17, 15) is 0 Å². The van der Waals surface area contributed by atoms with E-state index in [2.05, 4.69) is 117 Å². The van der Waals surface area contributed by atoms with Crippen molar-refractivity contribution in [1.82, 2.24) is 0 Å². The van der Waals surface area contributed by atoms with Gasteiger partial charge in [0.25, 0.3) is 0 Å². The van der Waals surface area contributed by atoms with Crippen LogP contribution in [0.15, 0.2) is 103 Å². The molecule has 2 bridgehead atoms. The van der Waals surface area contributed by atoms with Gasteiger partial charge in [0.2, 0.25) is 0 Å². The summed E-state index contributed by atoms with van der Waals surface area (Å²) in [5.41, 5.74) is 9.71. The minimum Gasteiger partial charge on any atom is -0.0622 e. The van der Waals surface area contributed by atoms with Crippen LogP contribution in [0.3, 0.4) is 0 Å². The Morgan fingerprint density at radius 3 is 1.17 bits per heavy atom. The molecule has 0 spiro atoms. The molecule has 0 aliphatic heterocycles. The highest BCUT2D eigenvalue weighted by Gasteiger charge is 2.59. The molecule has 0 heterocycles. The van der Waals surface area contributed by atoms with Crippen molar-refractivity contribution in [1.29, 1.82) is 0 Å². The Morgan fingerprint density at radius 1 is 0.448 bits per heavy atom. The van der Waals surface area contributed by atoms with Gasteiger partial charge in [0.15, 0.2) is 0 Å². The van der Waals surface area contributed by atoms with Crippen LogP contribution in [0.25, 0.3) is 0 Å². The Balaban J connectivity index is 1.92. The highest BCUT2D eigenvalue weighted by Crippen LogP contribution is 2.65. The van der Waals surface area contributed by atoms with Crippen LogP contribution in [-0.2, 0) is 10.8 Å². The fraction of sp³-hybridized carbons (Fsp3) is 0.172. The molecule has 29 heavy (non-hydrogen) atoms. The van der Waals surface area contributed by atoms with Gasteiger partial charge in [-0.1, -0.05) is 117 Å². The van der Waals surface area contributed by atoms with Crippen LogP contribution in [-0.4, -0.2) is 0 Å². The van der Waals surface area contributed by atoms with Gasteiger partial charge in [-0.15, -0.1) is 0 Å². The summed E-state index contributed by atoms with van der Waals surface area (Å²) in [5.74, 6) is 0.444. The van der Waals surface area contributed by atoms with Crippen molar-refractivity contribution >= 4 is 0 Å². The molecule has 0 saturated heterocycles. The normalized spacial score (nSPS) is 23.4. The predicted molar refractivity (Wildman–Crippen MR) is 119 cm³/mol. The summed E-state index contributed by atoms with van der Waals surface area (Å²) < 4.78 is 0. The first-order valence-electron chi connectivity index (χ1n) is 10.6. The molecule has 4 aromatic carbocycles. The molecular weight excluding hydrogens is 348 g/mol. The molecule has 0 aromatic heterocycles. The van der Waals surface area contributed by atoms with Gasteiger partial charge >= 0.3 is 0 Å². The molecule has 3 aliphatic carbocycles. The quantitative estimate of drug-likeness (QED) is 0.368. The summed E-state index contributed by atoms with van der Waals surface area (Å²) in [6, 6.07) is 38.6. The summed E-state index contributed by atoms with van der Waals surface area (Å²) in [7, 11) is 0. The molecule has 4 aromatic rings.